The van der Waals surface area contributed by atoms with Crippen LogP contribution in [0.15, 0.2) is 0 Å². The zero-order valence-electron chi connectivity index (χ0n) is 11.5. The van der Waals surface area contributed by atoms with E-state index in [1.165, 1.54) is 7.11 Å². The molecule has 0 aromatic carbocycles. The zero-order valence-corrected chi connectivity index (χ0v) is 11.5. The molecule has 1 saturated heterocycles. The number of hydrogen-bond donors (Lipinski definition) is 1. The van der Waals surface area contributed by atoms with Crippen LogP contribution in [0.4, 0.5) is 0 Å². The standard InChI is InChI=1S/C13H26N2O2/c1-13(2,3)10-5-7-15(8-6-10)11(9-14)12(16)17-4/h10-11H,5-9,14H2,1-4H3. The number of methoxy groups -OCH3 is 1. The van der Waals surface area contributed by atoms with Crippen molar-refractivity contribution in [2.45, 2.75) is 39.7 Å². The molecule has 1 aliphatic rings. The molecule has 100 valence electrons. The van der Waals surface area contributed by atoms with E-state index >= 15 is 0 Å². The lowest BCUT2D eigenvalue weighted by atomic mass is 9.75. The summed E-state index contributed by atoms with van der Waals surface area (Å²) in [6.07, 6.45) is 2.27. The van der Waals surface area contributed by atoms with Gasteiger partial charge in [0.2, 0.25) is 0 Å². The van der Waals surface area contributed by atoms with Gasteiger partial charge >= 0.3 is 5.97 Å². The third-order valence-corrected chi connectivity index (χ3v) is 3.89. The Bertz CT molecular complexity index is 253. The van der Waals surface area contributed by atoms with Gasteiger partial charge in [-0.3, -0.25) is 9.69 Å². The number of nitrogens with two attached hydrogens (primary N) is 1. The highest BCUT2D eigenvalue weighted by Gasteiger charge is 2.33. The second-order valence-corrected chi connectivity index (χ2v) is 5.95. The van der Waals surface area contributed by atoms with Crippen molar-refractivity contribution in [1.82, 2.24) is 4.90 Å². The number of esters is 1. The van der Waals surface area contributed by atoms with Crippen molar-refractivity contribution >= 4 is 5.97 Å². The summed E-state index contributed by atoms with van der Waals surface area (Å²) in [4.78, 5) is 13.7. The van der Waals surface area contributed by atoms with Gasteiger partial charge in [0.05, 0.1) is 7.11 Å². The summed E-state index contributed by atoms with van der Waals surface area (Å²) in [6, 6.07) is -0.263. The first-order valence-corrected chi connectivity index (χ1v) is 6.42. The Kier molecular flexibility index (Phi) is 4.95. The molecular formula is C13H26N2O2. The SMILES string of the molecule is COC(=O)C(CN)N1CCC(C(C)(C)C)CC1. The summed E-state index contributed by atoms with van der Waals surface area (Å²) in [5.74, 6) is 0.525. The minimum Gasteiger partial charge on any atom is -0.468 e. The first-order valence-electron chi connectivity index (χ1n) is 6.42. The Balaban J connectivity index is 2.53. The normalized spacial score (nSPS) is 21.2. The van der Waals surface area contributed by atoms with E-state index in [-0.39, 0.29) is 12.0 Å². The molecule has 0 aliphatic carbocycles. The van der Waals surface area contributed by atoms with Crippen molar-refractivity contribution in [3.8, 4) is 0 Å². The highest BCUT2D eigenvalue weighted by Crippen LogP contribution is 2.34. The fourth-order valence-electron chi connectivity index (χ4n) is 2.61. The second kappa shape index (κ2) is 5.83. The van der Waals surface area contributed by atoms with Gasteiger partial charge in [-0.15, -0.1) is 0 Å². The lowest BCUT2D eigenvalue weighted by Crippen LogP contribution is -2.50. The van der Waals surface area contributed by atoms with Crippen LogP contribution in [0.5, 0.6) is 0 Å². The number of nitrogens with zero attached hydrogens (tertiary/aromatic N) is 1. The predicted molar refractivity (Wildman–Crippen MR) is 68.6 cm³/mol. The molecule has 1 rings (SSSR count). The quantitative estimate of drug-likeness (QED) is 0.757. The van der Waals surface area contributed by atoms with Crippen LogP contribution in [0.1, 0.15) is 33.6 Å². The molecule has 0 aromatic rings. The van der Waals surface area contributed by atoms with E-state index in [0.29, 0.717) is 12.0 Å². The number of carbonyl (C=O) groups excluding carboxylic acids is 1. The third-order valence-electron chi connectivity index (χ3n) is 3.89. The van der Waals surface area contributed by atoms with E-state index in [4.69, 9.17) is 10.5 Å². The Labute approximate surface area is 104 Å². The zero-order chi connectivity index (χ0) is 13.1. The summed E-state index contributed by atoms with van der Waals surface area (Å²) >= 11 is 0. The molecule has 2 N–H and O–H groups in total. The van der Waals surface area contributed by atoms with Gasteiger partial charge in [0.15, 0.2) is 0 Å². The molecular weight excluding hydrogens is 216 g/mol. The first-order chi connectivity index (χ1) is 7.90. The number of rotatable bonds is 3. The minimum absolute atomic E-state index is 0.207. The Hall–Kier alpha value is -0.610. The van der Waals surface area contributed by atoms with Crippen molar-refractivity contribution < 1.29 is 9.53 Å². The predicted octanol–water partition coefficient (Wildman–Crippen LogP) is 1.24. The summed E-state index contributed by atoms with van der Waals surface area (Å²) in [5, 5.41) is 0. The smallest absolute Gasteiger partial charge is 0.324 e. The number of piperidine rings is 1. The monoisotopic (exact) mass is 242 g/mol. The average Bonchev–Trinajstić information content (AvgIpc) is 2.29. The fourth-order valence-corrected chi connectivity index (χ4v) is 2.61. The molecule has 0 aromatic heterocycles. The maximum atomic E-state index is 11.6. The molecule has 4 nitrogen and oxygen atoms in total. The maximum absolute atomic E-state index is 11.6. The molecule has 1 heterocycles. The summed E-state index contributed by atoms with van der Waals surface area (Å²) in [6.45, 7) is 9.08. The van der Waals surface area contributed by atoms with Crippen LogP contribution < -0.4 is 5.73 Å². The second-order valence-electron chi connectivity index (χ2n) is 5.95. The number of likely N-dealkylation sites (tertiary alicyclic amines) is 1. The van der Waals surface area contributed by atoms with Crippen molar-refractivity contribution in [2.24, 2.45) is 17.1 Å². The summed E-state index contributed by atoms with van der Waals surface area (Å²) in [7, 11) is 1.42. The van der Waals surface area contributed by atoms with Gasteiger partial charge in [-0.1, -0.05) is 20.8 Å². The number of hydrogen-bond acceptors (Lipinski definition) is 4. The van der Waals surface area contributed by atoms with Crippen LogP contribution in [-0.4, -0.2) is 43.7 Å². The van der Waals surface area contributed by atoms with Crippen molar-refractivity contribution in [2.75, 3.05) is 26.7 Å². The molecule has 0 spiro atoms. The minimum atomic E-state index is -0.263. The number of ether oxygens (including phenoxy) is 1. The fraction of sp³-hybridized carbons (Fsp3) is 0.923. The van der Waals surface area contributed by atoms with Crippen LogP contribution in [0.3, 0.4) is 0 Å². The Morgan fingerprint density at radius 1 is 1.41 bits per heavy atom. The lowest BCUT2D eigenvalue weighted by molar-refractivity contribution is -0.147. The van der Waals surface area contributed by atoms with Crippen LogP contribution in [0, 0.1) is 11.3 Å². The molecule has 4 heteroatoms. The molecule has 1 unspecified atom stereocenters. The van der Waals surface area contributed by atoms with E-state index < -0.39 is 0 Å². The van der Waals surface area contributed by atoms with E-state index in [1.807, 2.05) is 0 Å². The van der Waals surface area contributed by atoms with Gasteiger partial charge in [-0.2, -0.15) is 0 Å². The Morgan fingerprint density at radius 2 is 1.94 bits per heavy atom. The highest BCUT2D eigenvalue weighted by atomic mass is 16.5. The van der Waals surface area contributed by atoms with E-state index in [0.717, 1.165) is 31.8 Å². The molecule has 1 aliphatic heterocycles. The van der Waals surface area contributed by atoms with Crippen LogP contribution in [0.2, 0.25) is 0 Å². The number of carbonyl (C=O) groups is 1. The Morgan fingerprint density at radius 3 is 2.29 bits per heavy atom. The summed E-state index contributed by atoms with van der Waals surface area (Å²) in [5.41, 5.74) is 6.01. The first kappa shape index (κ1) is 14.5. The topological polar surface area (TPSA) is 55.6 Å². The molecule has 0 radical (unpaired) electrons. The van der Waals surface area contributed by atoms with Gasteiger partial charge in [0, 0.05) is 6.54 Å². The average molecular weight is 242 g/mol. The van der Waals surface area contributed by atoms with Gasteiger partial charge < -0.3 is 10.5 Å². The van der Waals surface area contributed by atoms with Crippen LogP contribution in [0.25, 0.3) is 0 Å². The lowest BCUT2D eigenvalue weighted by Gasteiger charge is -2.40. The van der Waals surface area contributed by atoms with Crippen LogP contribution in [-0.2, 0) is 9.53 Å². The molecule has 0 bridgehead atoms. The van der Waals surface area contributed by atoms with E-state index in [2.05, 4.69) is 25.7 Å². The summed E-state index contributed by atoms with van der Waals surface area (Å²) < 4.78 is 4.79. The highest BCUT2D eigenvalue weighted by molar-refractivity contribution is 5.75. The van der Waals surface area contributed by atoms with E-state index in [9.17, 15) is 4.79 Å². The van der Waals surface area contributed by atoms with Gasteiger partial charge in [0.1, 0.15) is 6.04 Å². The van der Waals surface area contributed by atoms with Gasteiger partial charge in [-0.05, 0) is 37.3 Å². The molecule has 17 heavy (non-hydrogen) atoms. The molecule has 1 fully saturated rings. The van der Waals surface area contributed by atoms with Crippen molar-refractivity contribution in [3.05, 3.63) is 0 Å². The van der Waals surface area contributed by atoms with Crippen LogP contribution >= 0.6 is 0 Å². The molecule has 1 atom stereocenters. The van der Waals surface area contributed by atoms with E-state index in [1.54, 1.807) is 0 Å². The van der Waals surface area contributed by atoms with Crippen molar-refractivity contribution in [3.63, 3.8) is 0 Å². The third kappa shape index (κ3) is 3.68. The molecule has 0 amide bonds. The van der Waals surface area contributed by atoms with Gasteiger partial charge in [-0.25, -0.2) is 0 Å². The van der Waals surface area contributed by atoms with Gasteiger partial charge in [0.25, 0.3) is 0 Å². The van der Waals surface area contributed by atoms with Crippen molar-refractivity contribution in [1.29, 1.82) is 0 Å². The largest absolute Gasteiger partial charge is 0.468 e. The molecule has 0 saturated carbocycles. The maximum Gasteiger partial charge on any atom is 0.324 e.